The lowest BCUT2D eigenvalue weighted by atomic mass is 10.3. The molecule has 0 aromatic heterocycles. The predicted octanol–water partition coefficient (Wildman–Crippen LogP) is 1.46. The molecule has 1 atom stereocenters. The molecule has 2 N–H and O–H groups in total. The molecule has 17 heavy (non-hydrogen) atoms. The number of amides is 1. The molecular formula is C10H12N2O5. The van der Waals surface area contributed by atoms with Crippen LogP contribution in [0.25, 0.3) is 0 Å². The molecule has 1 amide bonds. The minimum atomic E-state index is -0.871. The molecule has 0 heterocycles. The smallest absolute Gasteiger partial charge is 0.404 e. The van der Waals surface area contributed by atoms with E-state index in [1.54, 1.807) is 6.92 Å². The van der Waals surface area contributed by atoms with Gasteiger partial charge in [0.05, 0.1) is 4.92 Å². The molecule has 7 nitrogen and oxygen atoms in total. The SMILES string of the molecule is C[C@@H](COc1ccc([N+](=O)[O-])cc1)OC(N)=O. The molecule has 1 rings (SSSR count). The second-order valence-electron chi connectivity index (χ2n) is 3.31. The summed E-state index contributed by atoms with van der Waals surface area (Å²) in [7, 11) is 0. The Morgan fingerprint density at radius 2 is 2.06 bits per heavy atom. The molecule has 0 unspecified atom stereocenters. The molecule has 0 saturated carbocycles. The molecular weight excluding hydrogens is 228 g/mol. The fraction of sp³-hybridized carbons (Fsp3) is 0.300. The molecule has 7 heteroatoms. The summed E-state index contributed by atoms with van der Waals surface area (Å²) in [5.41, 5.74) is 4.81. The summed E-state index contributed by atoms with van der Waals surface area (Å²) < 4.78 is 9.89. The van der Waals surface area contributed by atoms with Gasteiger partial charge in [-0.05, 0) is 19.1 Å². The van der Waals surface area contributed by atoms with Crippen molar-refractivity contribution in [3.63, 3.8) is 0 Å². The van der Waals surface area contributed by atoms with Gasteiger partial charge in [-0.15, -0.1) is 0 Å². The van der Waals surface area contributed by atoms with Gasteiger partial charge in [-0.3, -0.25) is 10.1 Å². The maximum absolute atomic E-state index is 10.4. The lowest BCUT2D eigenvalue weighted by Crippen LogP contribution is -2.25. The minimum Gasteiger partial charge on any atom is -0.490 e. The van der Waals surface area contributed by atoms with E-state index in [0.29, 0.717) is 5.75 Å². The molecule has 0 bridgehead atoms. The largest absolute Gasteiger partial charge is 0.490 e. The van der Waals surface area contributed by atoms with Gasteiger partial charge in [0.1, 0.15) is 18.5 Å². The van der Waals surface area contributed by atoms with Crippen molar-refractivity contribution >= 4 is 11.8 Å². The third-order valence-corrected chi connectivity index (χ3v) is 1.85. The Morgan fingerprint density at radius 3 is 2.53 bits per heavy atom. The number of primary amides is 1. The molecule has 1 aromatic rings. The first kappa shape index (κ1) is 12.8. The molecule has 0 aliphatic heterocycles. The van der Waals surface area contributed by atoms with Crippen molar-refractivity contribution in [3.05, 3.63) is 34.4 Å². The number of nitrogens with zero attached hydrogens (tertiary/aromatic N) is 1. The first-order chi connectivity index (χ1) is 7.99. The maximum Gasteiger partial charge on any atom is 0.404 e. The van der Waals surface area contributed by atoms with Gasteiger partial charge < -0.3 is 15.2 Å². The van der Waals surface area contributed by atoms with E-state index in [9.17, 15) is 14.9 Å². The van der Waals surface area contributed by atoms with Gasteiger partial charge in [0.2, 0.25) is 0 Å². The highest BCUT2D eigenvalue weighted by Crippen LogP contribution is 2.17. The lowest BCUT2D eigenvalue weighted by molar-refractivity contribution is -0.384. The highest BCUT2D eigenvalue weighted by Gasteiger charge is 2.08. The number of nitro groups is 1. The van der Waals surface area contributed by atoms with E-state index in [4.69, 9.17) is 10.5 Å². The topological polar surface area (TPSA) is 105 Å². The van der Waals surface area contributed by atoms with Crippen LogP contribution in [0.5, 0.6) is 5.75 Å². The van der Waals surface area contributed by atoms with Crippen LogP contribution in [0.15, 0.2) is 24.3 Å². The standard InChI is InChI=1S/C10H12N2O5/c1-7(17-10(11)13)6-16-9-4-2-8(3-5-9)12(14)15/h2-5,7H,6H2,1H3,(H2,11,13)/t7-/m0/s1. The van der Waals surface area contributed by atoms with Crippen LogP contribution in [-0.2, 0) is 4.74 Å². The van der Waals surface area contributed by atoms with Gasteiger partial charge >= 0.3 is 6.09 Å². The summed E-state index contributed by atoms with van der Waals surface area (Å²) in [5, 5.41) is 10.4. The molecule has 1 aromatic carbocycles. The van der Waals surface area contributed by atoms with Gasteiger partial charge in [0.25, 0.3) is 5.69 Å². The highest BCUT2D eigenvalue weighted by molar-refractivity contribution is 5.64. The van der Waals surface area contributed by atoms with Crippen LogP contribution in [0, 0.1) is 10.1 Å². The third-order valence-electron chi connectivity index (χ3n) is 1.85. The van der Waals surface area contributed by atoms with E-state index < -0.39 is 17.1 Å². The fourth-order valence-corrected chi connectivity index (χ4v) is 1.11. The van der Waals surface area contributed by atoms with Crippen LogP contribution in [0.4, 0.5) is 10.5 Å². The Balaban J connectivity index is 2.47. The number of rotatable bonds is 5. The summed E-state index contributed by atoms with van der Waals surface area (Å²) in [6.07, 6.45) is -1.35. The second-order valence-corrected chi connectivity index (χ2v) is 3.31. The normalized spacial score (nSPS) is 11.6. The molecule has 0 aliphatic rings. The molecule has 0 spiro atoms. The van der Waals surface area contributed by atoms with Gasteiger partial charge in [0, 0.05) is 12.1 Å². The third kappa shape index (κ3) is 4.37. The van der Waals surface area contributed by atoms with Crippen LogP contribution in [-0.4, -0.2) is 23.7 Å². The van der Waals surface area contributed by atoms with E-state index in [1.165, 1.54) is 24.3 Å². The average Bonchev–Trinajstić information content (AvgIpc) is 2.26. The quantitative estimate of drug-likeness (QED) is 0.619. The van der Waals surface area contributed by atoms with E-state index in [2.05, 4.69) is 4.74 Å². The number of nitro benzene ring substituents is 1. The Bertz CT molecular complexity index is 404. The fourth-order valence-electron chi connectivity index (χ4n) is 1.11. The summed E-state index contributed by atoms with van der Waals surface area (Å²) >= 11 is 0. The predicted molar refractivity (Wildman–Crippen MR) is 58.7 cm³/mol. The first-order valence-electron chi connectivity index (χ1n) is 4.82. The lowest BCUT2D eigenvalue weighted by Gasteiger charge is -2.12. The molecule has 0 saturated heterocycles. The number of carbonyl (C=O) groups is 1. The van der Waals surface area contributed by atoms with Crippen molar-refractivity contribution in [2.24, 2.45) is 5.73 Å². The number of ether oxygens (including phenoxy) is 2. The van der Waals surface area contributed by atoms with E-state index in [0.717, 1.165) is 0 Å². The summed E-state index contributed by atoms with van der Waals surface area (Å²) in [6, 6.07) is 5.59. The number of benzene rings is 1. The average molecular weight is 240 g/mol. The highest BCUT2D eigenvalue weighted by atomic mass is 16.6. The number of nitrogens with two attached hydrogens (primary N) is 1. The Kier molecular flexibility index (Phi) is 4.27. The van der Waals surface area contributed by atoms with Crippen LogP contribution < -0.4 is 10.5 Å². The van der Waals surface area contributed by atoms with E-state index in [-0.39, 0.29) is 12.3 Å². The van der Waals surface area contributed by atoms with E-state index >= 15 is 0 Å². The van der Waals surface area contributed by atoms with Crippen molar-refractivity contribution in [1.82, 2.24) is 0 Å². The first-order valence-corrected chi connectivity index (χ1v) is 4.82. The van der Waals surface area contributed by atoms with Crippen LogP contribution in [0.2, 0.25) is 0 Å². The van der Waals surface area contributed by atoms with Crippen molar-refractivity contribution < 1.29 is 19.2 Å². The number of hydrogen-bond acceptors (Lipinski definition) is 5. The van der Waals surface area contributed by atoms with E-state index in [1.807, 2.05) is 0 Å². The molecule has 92 valence electrons. The summed E-state index contributed by atoms with van der Waals surface area (Å²) in [4.78, 5) is 20.3. The van der Waals surface area contributed by atoms with Crippen molar-refractivity contribution in [2.75, 3.05) is 6.61 Å². The Hall–Kier alpha value is -2.31. The second kappa shape index (κ2) is 5.69. The Labute approximate surface area is 97.3 Å². The zero-order valence-corrected chi connectivity index (χ0v) is 9.16. The molecule has 0 radical (unpaired) electrons. The molecule has 0 fully saturated rings. The van der Waals surface area contributed by atoms with Gasteiger partial charge in [0.15, 0.2) is 0 Å². The monoisotopic (exact) mass is 240 g/mol. The Morgan fingerprint density at radius 1 is 1.47 bits per heavy atom. The van der Waals surface area contributed by atoms with Crippen LogP contribution in [0.3, 0.4) is 0 Å². The van der Waals surface area contributed by atoms with Gasteiger partial charge in [-0.2, -0.15) is 0 Å². The summed E-state index contributed by atoms with van der Waals surface area (Å²) in [6.45, 7) is 1.75. The number of hydrogen-bond donors (Lipinski definition) is 1. The maximum atomic E-state index is 10.4. The zero-order chi connectivity index (χ0) is 12.8. The zero-order valence-electron chi connectivity index (χ0n) is 9.16. The van der Waals surface area contributed by atoms with Gasteiger partial charge in [-0.25, -0.2) is 4.79 Å². The van der Waals surface area contributed by atoms with Crippen molar-refractivity contribution in [1.29, 1.82) is 0 Å². The van der Waals surface area contributed by atoms with Gasteiger partial charge in [-0.1, -0.05) is 0 Å². The van der Waals surface area contributed by atoms with Crippen LogP contribution >= 0.6 is 0 Å². The summed E-state index contributed by atoms with van der Waals surface area (Å²) in [5.74, 6) is 0.454. The number of non-ortho nitro benzene ring substituents is 1. The minimum absolute atomic E-state index is 0.0150. The molecule has 0 aliphatic carbocycles. The number of carbonyl (C=O) groups excluding carboxylic acids is 1. The van der Waals surface area contributed by atoms with Crippen molar-refractivity contribution in [3.8, 4) is 5.75 Å². The van der Waals surface area contributed by atoms with Crippen molar-refractivity contribution in [2.45, 2.75) is 13.0 Å². The van der Waals surface area contributed by atoms with Crippen LogP contribution in [0.1, 0.15) is 6.92 Å².